The molecule has 0 unspecified atom stereocenters. The largest absolute Gasteiger partial charge is 0.335 e. The van der Waals surface area contributed by atoms with Crippen LogP contribution in [0.2, 0.25) is 0 Å². The first-order chi connectivity index (χ1) is 11.5. The van der Waals surface area contributed by atoms with Gasteiger partial charge >= 0.3 is 6.03 Å². The lowest BCUT2D eigenvalue weighted by molar-refractivity contribution is 0.218. The number of hydrogen-bond donors (Lipinski definition) is 2. The molecule has 0 aromatic carbocycles. The quantitative estimate of drug-likeness (QED) is 0.756. The van der Waals surface area contributed by atoms with Gasteiger partial charge in [-0.05, 0) is 25.7 Å². The number of hydrogen-bond acceptors (Lipinski definition) is 3. The van der Waals surface area contributed by atoms with Gasteiger partial charge in [0.25, 0.3) is 10.2 Å². The van der Waals surface area contributed by atoms with E-state index in [0.29, 0.717) is 45.1 Å². The molecule has 24 heavy (non-hydrogen) atoms. The van der Waals surface area contributed by atoms with Crippen molar-refractivity contribution < 1.29 is 13.2 Å². The van der Waals surface area contributed by atoms with E-state index >= 15 is 0 Å². The van der Waals surface area contributed by atoms with Crippen molar-refractivity contribution in [1.82, 2.24) is 19.2 Å². The van der Waals surface area contributed by atoms with E-state index in [9.17, 15) is 13.2 Å². The van der Waals surface area contributed by atoms with E-state index in [1.807, 2.05) is 13.8 Å². The highest BCUT2D eigenvalue weighted by Gasteiger charge is 2.32. The van der Waals surface area contributed by atoms with Crippen molar-refractivity contribution in [2.45, 2.75) is 70.9 Å². The maximum atomic E-state index is 12.5. The highest BCUT2D eigenvalue weighted by molar-refractivity contribution is 7.86. The van der Waals surface area contributed by atoms with Gasteiger partial charge in [0, 0.05) is 38.3 Å². The Morgan fingerprint density at radius 2 is 1.46 bits per heavy atom. The van der Waals surface area contributed by atoms with E-state index in [0.717, 1.165) is 12.8 Å². The van der Waals surface area contributed by atoms with Gasteiger partial charge in [0.2, 0.25) is 0 Å². The van der Waals surface area contributed by atoms with Gasteiger partial charge in [-0.1, -0.05) is 33.1 Å². The fraction of sp³-hybridized carbons (Fsp3) is 0.938. The Balaban J connectivity index is 1.77. The first-order valence-corrected chi connectivity index (χ1v) is 10.7. The molecule has 140 valence electrons. The number of amides is 2. The maximum absolute atomic E-state index is 12.5. The number of urea groups is 1. The maximum Gasteiger partial charge on any atom is 0.315 e. The average molecular weight is 361 g/mol. The third-order valence-electron chi connectivity index (χ3n) is 5.09. The van der Waals surface area contributed by atoms with Crippen molar-refractivity contribution in [2.24, 2.45) is 0 Å². The summed E-state index contributed by atoms with van der Waals surface area (Å²) in [6.07, 6.45) is 7.09. The van der Waals surface area contributed by atoms with Crippen molar-refractivity contribution >= 4 is 16.2 Å². The summed E-state index contributed by atoms with van der Waals surface area (Å²) < 4.78 is 28.0. The molecule has 1 aliphatic carbocycles. The normalized spacial score (nSPS) is 21.8. The number of nitrogens with zero attached hydrogens (tertiary/aromatic N) is 2. The molecule has 1 heterocycles. The lowest BCUT2D eigenvalue weighted by atomic mass is 9.96. The fourth-order valence-corrected chi connectivity index (χ4v) is 5.25. The molecule has 0 atom stereocenters. The average Bonchev–Trinajstić information content (AvgIpc) is 2.57. The fourth-order valence-electron chi connectivity index (χ4n) is 3.60. The van der Waals surface area contributed by atoms with Gasteiger partial charge in [0.1, 0.15) is 0 Å². The predicted molar refractivity (Wildman–Crippen MR) is 95.0 cm³/mol. The van der Waals surface area contributed by atoms with E-state index in [-0.39, 0.29) is 12.1 Å². The van der Waals surface area contributed by atoms with E-state index in [1.165, 1.54) is 27.9 Å². The van der Waals surface area contributed by atoms with E-state index in [1.54, 1.807) is 0 Å². The number of carbonyl (C=O) groups excluding carboxylic acids is 1. The molecule has 0 radical (unpaired) electrons. The van der Waals surface area contributed by atoms with Crippen molar-refractivity contribution in [3.63, 3.8) is 0 Å². The Morgan fingerprint density at radius 3 is 1.96 bits per heavy atom. The van der Waals surface area contributed by atoms with Crippen LogP contribution in [0.15, 0.2) is 0 Å². The van der Waals surface area contributed by atoms with Crippen LogP contribution in [0, 0.1) is 0 Å². The zero-order valence-electron chi connectivity index (χ0n) is 15.0. The molecule has 0 aromatic rings. The van der Waals surface area contributed by atoms with Crippen LogP contribution < -0.4 is 10.6 Å². The van der Waals surface area contributed by atoms with E-state index in [2.05, 4.69) is 10.6 Å². The predicted octanol–water partition coefficient (Wildman–Crippen LogP) is 1.67. The standard InChI is InChI=1S/C16H32N4O3S/c1-3-19(4-2)24(22,23)20-12-10-15(11-13-20)18-16(21)17-14-8-6-5-7-9-14/h14-15H,3-13H2,1-2H3,(H2,17,18,21). The molecule has 1 saturated carbocycles. The highest BCUT2D eigenvalue weighted by atomic mass is 32.2. The lowest BCUT2D eigenvalue weighted by Crippen LogP contribution is -2.53. The molecule has 1 aliphatic heterocycles. The summed E-state index contributed by atoms with van der Waals surface area (Å²) in [5.74, 6) is 0. The Kier molecular flexibility index (Phi) is 7.31. The van der Waals surface area contributed by atoms with Gasteiger partial charge in [-0.15, -0.1) is 0 Å². The molecular weight excluding hydrogens is 328 g/mol. The monoisotopic (exact) mass is 360 g/mol. The molecule has 2 amide bonds. The minimum Gasteiger partial charge on any atom is -0.335 e. The Labute approximate surface area is 146 Å². The minimum absolute atomic E-state index is 0.0525. The molecule has 2 N–H and O–H groups in total. The van der Waals surface area contributed by atoms with Crippen LogP contribution in [0.25, 0.3) is 0 Å². The zero-order chi connectivity index (χ0) is 17.6. The lowest BCUT2D eigenvalue weighted by Gasteiger charge is -2.34. The van der Waals surface area contributed by atoms with Crippen LogP contribution in [0.5, 0.6) is 0 Å². The topological polar surface area (TPSA) is 81.8 Å². The van der Waals surface area contributed by atoms with Gasteiger partial charge in [-0.25, -0.2) is 4.79 Å². The van der Waals surface area contributed by atoms with Crippen LogP contribution >= 0.6 is 0 Å². The molecule has 2 aliphatic rings. The number of nitrogens with one attached hydrogen (secondary N) is 2. The summed E-state index contributed by atoms with van der Waals surface area (Å²) in [7, 11) is -3.36. The summed E-state index contributed by atoms with van der Waals surface area (Å²) in [5, 5.41) is 6.06. The van der Waals surface area contributed by atoms with Crippen LogP contribution in [0.4, 0.5) is 4.79 Å². The van der Waals surface area contributed by atoms with E-state index in [4.69, 9.17) is 0 Å². The SMILES string of the molecule is CCN(CC)S(=O)(=O)N1CCC(NC(=O)NC2CCCCC2)CC1. The van der Waals surface area contributed by atoms with E-state index < -0.39 is 10.2 Å². The summed E-state index contributed by atoms with van der Waals surface area (Å²) in [6.45, 7) is 5.61. The van der Waals surface area contributed by atoms with Gasteiger partial charge in [0.15, 0.2) is 0 Å². The van der Waals surface area contributed by atoms with Gasteiger partial charge in [0.05, 0.1) is 0 Å². The van der Waals surface area contributed by atoms with Crippen LogP contribution in [0.1, 0.15) is 58.8 Å². The van der Waals surface area contributed by atoms with Crippen molar-refractivity contribution in [3.8, 4) is 0 Å². The van der Waals surface area contributed by atoms with Crippen molar-refractivity contribution in [1.29, 1.82) is 0 Å². The molecule has 0 spiro atoms. The summed E-state index contributed by atoms with van der Waals surface area (Å²) in [5.41, 5.74) is 0. The second-order valence-electron chi connectivity index (χ2n) is 6.72. The molecular formula is C16H32N4O3S. The Hall–Kier alpha value is -0.860. The zero-order valence-corrected chi connectivity index (χ0v) is 15.8. The second kappa shape index (κ2) is 9.01. The van der Waals surface area contributed by atoms with Crippen LogP contribution in [-0.4, -0.2) is 61.3 Å². The van der Waals surface area contributed by atoms with Gasteiger partial charge in [-0.3, -0.25) is 0 Å². The summed E-state index contributed by atoms with van der Waals surface area (Å²) >= 11 is 0. The van der Waals surface area contributed by atoms with Crippen molar-refractivity contribution in [3.05, 3.63) is 0 Å². The molecule has 2 fully saturated rings. The Bertz CT molecular complexity index is 493. The second-order valence-corrected chi connectivity index (χ2v) is 8.65. The number of carbonyl (C=O) groups is 1. The van der Waals surface area contributed by atoms with Gasteiger partial charge < -0.3 is 10.6 Å². The first kappa shape index (κ1) is 19.5. The number of piperidine rings is 1. The highest BCUT2D eigenvalue weighted by Crippen LogP contribution is 2.18. The van der Waals surface area contributed by atoms with Crippen LogP contribution in [0.3, 0.4) is 0 Å². The summed E-state index contributed by atoms with van der Waals surface area (Å²) in [4.78, 5) is 12.1. The molecule has 0 aromatic heterocycles. The summed E-state index contributed by atoms with van der Waals surface area (Å²) in [6, 6.07) is 0.241. The molecule has 8 heteroatoms. The number of rotatable bonds is 6. The smallest absolute Gasteiger partial charge is 0.315 e. The Morgan fingerprint density at radius 1 is 0.958 bits per heavy atom. The third kappa shape index (κ3) is 5.07. The molecule has 0 bridgehead atoms. The van der Waals surface area contributed by atoms with Crippen molar-refractivity contribution in [2.75, 3.05) is 26.2 Å². The first-order valence-electron chi connectivity index (χ1n) is 9.29. The third-order valence-corrected chi connectivity index (χ3v) is 7.27. The van der Waals surface area contributed by atoms with Crippen LogP contribution in [-0.2, 0) is 10.2 Å². The molecule has 7 nitrogen and oxygen atoms in total. The molecule has 1 saturated heterocycles. The molecule has 2 rings (SSSR count). The minimum atomic E-state index is -3.36. The van der Waals surface area contributed by atoms with Gasteiger partial charge in [-0.2, -0.15) is 17.0 Å².